The highest BCUT2D eigenvalue weighted by molar-refractivity contribution is 9.10. The van der Waals surface area contributed by atoms with Gasteiger partial charge in [-0.1, -0.05) is 40.5 Å². The van der Waals surface area contributed by atoms with Crippen LogP contribution in [0.1, 0.15) is 23.7 Å². The number of nitrogens with one attached hydrogen (secondary N) is 1. The van der Waals surface area contributed by atoms with Gasteiger partial charge in [0.05, 0.1) is 10.6 Å². The number of alkyl halides is 1. The number of hydrogen-bond acceptors (Lipinski definition) is 1. The fourth-order valence-corrected chi connectivity index (χ4v) is 1.86. The molecule has 1 aromatic carbocycles. The summed E-state index contributed by atoms with van der Waals surface area (Å²) >= 11 is 12.8. The lowest BCUT2D eigenvalue weighted by Gasteiger charge is -2.10. The minimum Gasteiger partial charge on any atom is -0.351 e. The number of carbonyl (C=O) groups is 1. The van der Waals surface area contributed by atoms with Crippen LogP contribution in [-0.2, 0) is 0 Å². The summed E-state index contributed by atoms with van der Waals surface area (Å²) < 4.78 is 0.729. The Balaban J connectivity index is 2.70. The Morgan fingerprint density at radius 2 is 2.25 bits per heavy atom. The van der Waals surface area contributed by atoms with Crippen LogP contribution in [0, 0.1) is 0 Å². The lowest BCUT2D eigenvalue weighted by atomic mass is 10.2. The van der Waals surface area contributed by atoms with Gasteiger partial charge < -0.3 is 5.32 Å². The van der Waals surface area contributed by atoms with Crippen LogP contribution in [0.25, 0.3) is 0 Å². The van der Waals surface area contributed by atoms with E-state index in [4.69, 9.17) is 11.6 Å². The first-order valence-corrected chi connectivity index (χ1v) is 7.01. The van der Waals surface area contributed by atoms with Gasteiger partial charge in [0, 0.05) is 15.8 Å². The summed E-state index contributed by atoms with van der Waals surface area (Å²) in [4.78, 5) is 12.1. The van der Waals surface area contributed by atoms with Gasteiger partial charge in [0.2, 0.25) is 0 Å². The molecule has 1 amide bonds. The molecule has 0 heterocycles. The van der Waals surface area contributed by atoms with E-state index in [9.17, 15) is 4.79 Å². The summed E-state index contributed by atoms with van der Waals surface area (Å²) in [5.41, 5.74) is 0.492. The van der Waals surface area contributed by atoms with Gasteiger partial charge in [-0.05, 0) is 34.5 Å². The van der Waals surface area contributed by atoms with Crippen LogP contribution in [0.2, 0.25) is 5.02 Å². The van der Waals surface area contributed by atoms with Crippen molar-refractivity contribution in [3.05, 3.63) is 33.3 Å². The van der Waals surface area contributed by atoms with Crippen LogP contribution >= 0.6 is 43.5 Å². The molecule has 0 saturated heterocycles. The average molecular weight is 369 g/mol. The highest BCUT2D eigenvalue weighted by Crippen LogP contribution is 2.25. The number of carbonyl (C=O) groups excluding carboxylic acids is 1. The van der Waals surface area contributed by atoms with Crippen molar-refractivity contribution in [1.82, 2.24) is 5.32 Å². The Hall–Kier alpha value is -0.0600. The van der Waals surface area contributed by atoms with Crippen molar-refractivity contribution in [2.24, 2.45) is 0 Å². The van der Waals surface area contributed by atoms with E-state index in [0.717, 1.165) is 10.9 Å². The zero-order valence-electron chi connectivity index (χ0n) is 8.77. The Morgan fingerprint density at radius 1 is 1.56 bits per heavy atom. The molecule has 0 spiro atoms. The number of benzene rings is 1. The van der Waals surface area contributed by atoms with Crippen LogP contribution in [0.15, 0.2) is 22.7 Å². The van der Waals surface area contributed by atoms with Crippen molar-refractivity contribution in [3.63, 3.8) is 0 Å². The molecular weight excluding hydrogens is 357 g/mol. The van der Waals surface area contributed by atoms with Crippen molar-refractivity contribution in [3.8, 4) is 0 Å². The van der Waals surface area contributed by atoms with E-state index < -0.39 is 0 Å². The highest BCUT2D eigenvalue weighted by Gasteiger charge is 2.12. The first kappa shape index (κ1) is 14.0. The van der Waals surface area contributed by atoms with E-state index >= 15 is 0 Å². The molecule has 0 fully saturated rings. The quantitative estimate of drug-likeness (QED) is 0.799. The standard InChI is InChI=1S/C11H12Br2ClNO/c1-2-7(12)6-15-11(16)8-4-3-5-9(13)10(8)14/h3-5,7H,2,6H2,1H3,(H,15,16). The average Bonchev–Trinajstić information content (AvgIpc) is 2.29. The van der Waals surface area contributed by atoms with Gasteiger partial charge in [-0.3, -0.25) is 4.79 Å². The lowest BCUT2D eigenvalue weighted by Crippen LogP contribution is -2.29. The lowest BCUT2D eigenvalue weighted by molar-refractivity contribution is 0.0954. The molecular formula is C11H12Br2ClNO. The third-order valence-corrected chi connectivity index (χ3v) is 4.39. The Labute approximate surface area is 117 Å². The van der Waals surface area contributed by atoms with Gasteiger partial charge >= 0.3 is 0 Å². The van der Waals surface area contributed by atoms with E-state index in [2.05, 4.69) is 44.1 Å². The molecule has 0 radical (unpaired) electrons. The van der Waals surface area contributed by atoms with E-state index in [1.165, 1.54) is 0 Å². The maximum Gasteiger partial charge on any atom is 0.252 e. The third kappa shape index (κ3) is 3.75. The molecule has 0 saturated carbocycles. The number of hydrogen-bond donors (Lipinski definition) is 1. The summed E-state index contributed by atoms with van der Waals surface area (Å²) in [6.07, 6.45) is 0.965. The minimum atomic E-state index is -0.149. The smallest absolute Gasteiger partial charge is 0.252 e. The van der Waals surface area contributed by atoms with Gasteiger partial charge in [0.15, 0.2) is 0 Å². The molecule has 1 rings (SSSR count). The predicted octanol–water partition coefficient (Wildman–Crippen LogP) is 4.01. The maximum atomic E-state index is 11.8. The zero-order valence-corrected chi connectivity index (χ0v) is 12.7. The van der Waals surface area contributed by atoms with E-state index in [1.807, 2.05) is 0 Å². The fraction of sp³-hybridized carbons (Fsp3) is 0.364. The summed E-state index contributed by atoms with van der Waals surface area (Å²) in [7, 11) is 0. The summed E-state index contributed by atoms with van der Waals surface area (Å²) in [5, 5.41) is 3.27. The Kier molecular flexibility index (Phi) is 5.79. The molecule has 88 valence electrons. The zero-order chi connectivity index (χ0) is 12.1. The van der Waals surface area contributed by atoms with Crippen molar-refractivity contribution in [2.75, 3.05) is 6.54 Å². The molecule has 0 aliphatic rings. The SMILES string of the molecule is CCC(Br)CNC(=O)c1cccc(Br)c1Cl. The topological polar surface area (TPSA) is 29.1 Å². The second-order valence-corrected chi connectivity index (χ2v) is 5.84. The first-order valence-electron chi connectivity index (χ1n) is 4.92. The second kappa shape index (κ2) is 6.62. The molecule has 1 atom stereocenters. The van der Waals surface area contributed by atoms with Gasteiger partial charge in [-0.25, -0.2) is 0 Å². The molecule has 5 heteroatoms. The van der Waals surface area contributed by atoms with Crippen LogP contribution in [0.5, 0.6) is 0 Å². The van der Waals surface area contributed by atoms with Gasteiger partial charge in [0.25, 0.3) is 5.91 Å². The van der Waals surface area contributed by atoms with Crippen LogP contribution in [0.4, 0.5) is 0 Å². The minimum absolute atomic E-state index is 0.149. The molecule has 1 N–H and O–H groups in total. The molecule has 0 aromatic heterocycles. The molecule has 1 aromatic rings. The maximum absolute atomic E-state index is 11.8. The van der Waals surface area contributed by atoms with Crippen molar-refractivity contribution in [2.45, 2.75) is 18.2 Å². The third-order valence-electron chi connectivity index (χ3n) is 2.12. The number of rotatable bonds is 4. The monoisotopic (exact) mass is 367 g/mol. The largest absolute Gasteiger partial charge is 0.351 e. The molecule has 0 aliphatic carbocycles. The van der Waals surface area contributed by atoms with E-state index in [-0.39, 0.29) is 5.91 Å². The van der Waals surface area contributed by atoms with Gasteiger partial charge in [-0.2, -0.15) is 0 Å². The van der Waals surface area contributed by atoms with E-state index in [0.29, 0.717) is 22.0 Å². The van der Waals surface area contributed by atoms with Crippen LogP contribution in [0.3, 0.4) is 0 Å². The van der Waals surface area contributed by atoms with Crippen LogP contribution < -0.4 is 5.32 Å². The molecule has 16 heavy (non-hydrogen) atoms. The summed E-state index contributed by atoms with van der Waals surface area (Å²) in [6, 6.07) is 5.30. The second-order valence-electron chi connectivity index (χ2n) is 3.32. The molecule has 2 nitrogen and oxygen atoms in total. The molecule has 0 bridgehead atoms. The fourth-order valence-electron chi connectivity index (χ4n) is 1.12. The van der Waals surface area contributed by atoms with E-state index in [1.54, 1.807) is 18.2 Å². The van der Waals surface area contributed by atoms with Crippen molar-refractivity contribution < 1.29 is 4.79 Å². The Morgan fingerprint density at radius 3 is 2.88 bits per heavy atom. The first-order chi connectivity index (χ1) is 7.56. The van der Waals surface area contributed by atoms with Crippen molar-refractivity contribution >= 4 is 49.4 Å². The number of amides is 1. The summed E-state index contributed by atoms with van der Waals surface area (Å²) in [6.45, 7) is 2.65. The predicted molar refractivity (Wildman–Crippen MR) is 74.5 cm³/mol. The highest BCUT2D eigenvalue weighted by atomic mass is 79.9. The summed E-state index contributed by atoms with van der Waals surface area (Å²) in [5.74, 6) is -0.149. The normalized spacial score (nSPS) is 12.2. The van der Waals surface area contributed by atoms with Crippen molar-refractivity contribution in [1.29, 1.82) is 0 Å². The molecule has 1 unspecified atom stereocenters. The molecule has 0 aliphatic heterocycles. The van der Waals surface area contributed by atoms with Crippen LogP contribution in [-0.4, -0.2) is 17.3 Å². The van der Waals surface area contributed by atoms with Gasteiger partial charge in [-0.15, -0.1) is 0 Å². The number of halogens is 3. The van der Waals surface area contributed by atoms with Gasteiger partial charge in [0.1, 0.15) is 0 Å². The Bertz CT molecular complexity index is 384.